The highest BCUT2D eigenvalue weighted by Crippen LogP contribution is 2.14. The second-order valence-corrected chi connectivity index (χ2v) is 6.39. The topological polar surface area (TPSA) is 101 Å². The number of methoxy groups -OCH3 is 1. The molecule has 1 aromatic carbocycles. The molecule has 4 amide bonds. The monoisotopic (exact) mass is 365 g/mol. The molecule has 4 N–H and O–H groups in total. The molecule has 1 rings (SSSR count). The first-order valence-corrected chi connectivity index (χ1v) is 8.69. The molecule has 0 spiro atoms. The summed E-state index contributed by atoms with van der Waals surface area (Å²) in [4.78, 5) is 36.4. The first-order chi connectivity index (χ1) is 12.3. The van der Waals surface area contributed by atoms with Gasteiger partial charge in [0.1, 0.15) is 5.75 Å². The van der Waals surface area contributed by atoms with Crippen LogP contribution in [-0.2, 0) is 9.59 Å². The van der Waals surface area contributed by atoms with Gasteiger partial charge in [-0.15, -0.1) is 0 Å². The maximum absolute atomic E-state index is 12.1. The number of imide groups is 1. The third kappa shape index (κ3) is 8.48. The van der Waals surface area contributed by atoms with Crippen LogP contribution in [0.3, 0.4) is 0 Å². The van der Waals surface area contributed by atoms with E-state index in [1.807, 2.05) is 20.8 Å². The fraction of sp³-hybridized carbons (Fsp3) is 0.500. The minimum atomic E-state index is -0.512. The van der Waals surface area contributed by atoms with Gasteiger partial charge in [-0.1, -0.05) is 13.8 Å². The zero-order chi connectivity index (χ0) is 19.5. The largest absolute Gasteiger partial charge is 0.497 e. The number of likely N-dealkylation sites (N-methyl/N-ethyl adjacent to an activating group) is 1. The number of quaternary nitrogens is 1. The van der Waals surface area contributed by atoms with Crippen molar-refractivity contribution in [3.8, 4) is 5.75 Å². The second kappa shape index (κ2) is 11.1. The number of carbonyl (C=O) groups excluding carboxylic acids is 3. The van der Waals surface area contributed by atoms with E-state index in [0.29, 0.717) is 30.4 Å². The van der Waals surface area contributed by atoms with Crippen molar-refractivity contribution in [1.82, 2.24) is 10.6 Å². The van der Waals surface area contributed by atoms with Crippen molar-refractivity contribution in [3.63, 3.8) is 0 Å². The van der Waals surface area contributed by atoms with Crippen molar-refractivity contribution in [2.75, 3.05) is 38.6 Å². The van der Waals surface area contributed by atoms with Gasteiger partial charge in [-0.25, -0.2) is 4.79 Å². The maximum Gasteiger partial charge on any atom is 0.321 e. The minimum Gasteiger partial charge on any atom is -0.497 e. The summed E-state index contributed by atoms with van der Waals surface area (Å²) in [5.41, 5.74) is 0.656. The fourth-order valence-electron chi connectivity index (χ4n) is 2.16. The average Bonchev–Trinajstić information content (AvgIpc) is 2.59. The van der Waals surface area contributed by atoms with E-state index < -0.39 is 11.9 Å². The first-order valence-electron chi connectivity index (χ1n) is 8.69. The number of anilines is 1. The lowest BCUT2D eigenvalue weighted by molar-refractivity contribution is -0.881. The van der Waals surface area contributed by atoms with Gasteiger partial charge in [0.2, 0.25) is 0 Å². The Labute approximate surface area is 154 Å². The van der Waals surface area contributed by atoms with Crippen LogP contribution in [0.4, 0.5) is 10.5 Å². The third-order valence-electron chi connectivity index (χ3n) is 3.62. The average molecular weight is 365 g/mol. The molecule has 0 saturated heterocycles. The summed E-state index contributed by atoms with van der Waals surface area (Å²) in [7, 11) is 1.57. The Morgan fingerprint density at radius 1 is 1.08 bits per heavy atom. The Hall–Kier alpha value is -2.61. The highest BCUT2D eigenvalue weighted by atomic mass is 16.5. The molecule has 144 valence electrons. The van der Waals surface area contributed by atoms with Crippen LogP contribution in [0.2, 0.25) is 0 Å². The third-order valence-corrected chi connectivity index (χ3v) is 3.62. The van der Waals surface area contributed by atoms with Crippen LogP contribution in [0.5, 0.6) is 5.75 Å². The van der Waals surface area contributed by atoms with Crippen LogP contribution in [0, 0.1) is 5.92 Å². The number of hydrogen-bond acceptors (Lipinski definition) is 4. The molecule has 8 heteroatoms. The standard InChI is InChI=1S/C18H28N4O4/c1-5-22(12-17(24)21-18(25)19-10-13(2)3)11-16(23)20-14-6-8-15(26-4)9-7-14/h6-9,13H,5,10-12H2,1-4H3,(H,20,23)(H2,19,21,24,25)/p+1. The summed E-state index contributed by atoms with van der Waals surface area (Å²) in [5.74, 6) is 0.385. The molecule has 0 aromatic heterocycles. The molecule has 26 heavy (non-hydrogen) atoms. The predicted molar refractivity (Wildman–Crippen MR) is 99.2 cm³/mol. The molecule has 0 saturated carbocycles. The zero-order valence-electron chi connectivity index (χ0n) is 15.8. The predicted octanol–water partition coefficient (Wildman–Crippen LogP) is 0.0203. The normalized spacial score (nSPS) is 11.6. The summed E-state index contributed by atoms with van der Waals surface area (Å²) in [6, 6.07) is 6.48. The van der Waals surface area contributed by atoms with E-state index >= 15 is 0 Å². The van der Waals surface area contributed by atoms with Crippen molar-refractivity contribution in [2.45, 2.75) is 20.8 Å². The lowest BCUT2D eigenvalue weighted by Gasteiger charge is -2.17. The summed E-state index contributed by atoms with van der Waals surface area (Å²) < 4.78 is 5.07. The van der Waals surface area contributed by atoms with Crippen molar-refractivity contribution >= 4 is 23.5 Å². The Bertz CT molecular complexity index is 602. The van der Waals surface area contributed by atoms with Crippen molar-refractivity contribution in [3.05, 3.63) is 24.3 Å². The van der Waals surface area contributed by atoms with E-state index in [1.54, 1.807) is 31.4 Å². The van der Waals surface area contributed by atoms with Gasteiger partial charge in [-0.3, -0.25) is 14.9 Å². The van der Waals surface area contributed by atoms with Gasteiger partial charge < -0.3 is 20.3 Å². The molecule has 1 atom stereocenters. The molecule has 0 bridgehead atoms. The van der Waals surface area contributed by atoms with Crippen LogP contribution >= 0.6 is 0 Å². The Morgan fingerprint density at radius 3 is 2.23 bits per heavy atom. The molecule has 0 aliphatic rings. The molecule has 1 unspecified atom stereocenters. The smallest absolute Gasteiger partial charge is 0.321 e. The fourth-order valence-corrected chi connectivity index (χ4v) is 2.16. The number of rotatable bonds is 9. The number of nitrogens with one attached hydrogen (secondary N) is 4. The van der Waals surface area contributed by atoms with Crippen LogP contribution in [0.15, 0.2) is 24.3 Å². The quantitative estimate of drug-likeness (QED) is 0.496. The number of urea groups is 1. The van der Waals surface area contributed by atoms with Crippen LogP contribution in [0.25, 0.3) is 0 Å². The van der Waals surface area contributed by atoms with Crippen molar-refractivity contribution in [1.29, 1.82) is 0 Å². The number of ether oxygens (including phenoxy) is 1. The summed E-state index contributed by atoms with van der Waals surface area (Å²) in [6.07, 6.45) is 0. The van der Waals surface area contributed by atoms with E-state index in [0.717, 1.165) is 4.90 Å². The van der Waals surface area contributed by atoms with E-state index in [2.05, 4.69) is 16.0 Å². The van der Waals surface area contributed by atoms with E-state index in [9.17, 15) is 14.4 Å². The molecule has 8 nitrogen and oxygen atoms in total. The number of benzene rings is 1. The molecule has 0 aliphatic heterocycles. The van der Waals surface area contributed by atoms with Gasteiger partial charge >= 0.3 is 6.03 Å². The Balaban J connectivity index is 2.43. The SMILES string of the molecule is CC[NH+](CC(=O)NC(=O)NCC(C)C)CC(=O)Nc1ccc(OC)cc1. The molecular formula is C18H29N4O4+. The zero-order valence-corrected chi connectivity index (χ0v) is 15.8. The van der Waals surface area contributed by atoms with Crippen LogP contribution in [0.1, 0.15) is 20.8 Å². The number of amides is 4. The molecule has 0 fully saturated rings. The van der Waals surface area contributed by atoms with Crippen molar-refractivity contribution < 1.29 is 24.0 Å². The Morgan fingerprint density at radius 2 is 1.69 bits per heavy atom. The number of hydrogen-bond donors (Lipinski definition) is 4. The van der Waals surface area contributed by atoms with E-state index in [-0.39, 0.29) is 19.0 Å². The van der Waals surface area contributed by atoms with Crippen LogP contribution in [-0.4, -0.2) is 51.1 Å². The van der Waals surface area contributed by atoms with E-state index in [4.69, 9.17) is 4.74 Å². The van der Waals surface area contributed by atoms with Gasteiger partial charge in [-0.2, -0.15) is 0 Å². The lowest BCUT2D eigenvalue weighted by Crippen LogP contribution is -3.14. The molecule has 0 heterocycles. The van der Waals surface area contributed by atoms with Crippen LogP contribution < -0.4 is 25.6 Å². The molecule has 0 aliphatic carbocycles. The van der Waals surface area contributed by atoms with Gasteiger partial charge in [0.05, 0.1) is 13.7 Å². The first kappa shape index (κ1) is 21.4. The Kier molecular flexibility index (Phi) is 9.14. The van der Waals surface area contributed by atoms with Gasteiger partial charge in [0.15, 0.2) is 13.1 Å². The highest BCUT2D eigenvalue weighted by molar-refractivity contribution is 5.95. The number of carbonyl (C=O) groups is 3. The molecular weight excluding hydrogens is 336 g/mol. The second-order valence-electron chi connectivity index (χ2n) is 6.39. The maximum atomic E-state index is 12.1. The van der Waals surface area contributed by atoms with Gasteiger partial charge in [0, 0.05) is 12.2 Å². The molecule has 1 aromatic rings. The minimum absolute atomic E-state index is 0.0433. The molecule has 0 radical (unpaired) electrons. The summed E-state index contributed by atoms with van der Waals surface area (Å²) in [6.45, 7) is 7.05. The van der Waals surface area contributed by atoms with Gasteiger partial charge in [0.25, 0.3) is 11.8 Å². The summed E-state index contributed by atoms with van der Waals surface area (Å²) >= 11 is 0. The summed E-state index contributed by atoms with van der Waals surface area (Å²) in [5, 5.41) is 7.68. The highest BCUT2D eigenvalue weighted by Gasteiger charge is 2.18. The van der Waals surface area contributed by atoms with Crippen molar-refractivity contribution in [2.24, 2.45) is 5.92 Å². The van der Waals surface area contributed by atoms with Gasteiger partial charge in [-0.05, 0) is 37.1 Å². The lowest BCUT2D eigenvalue weighted by atomic mass is 10.2. The van der Waals surface area contributed by atoms with E-state index in [1.165, 1.54) is 0 Å².